The summed E-state index contributed by atoms with van der Waals surface area (Å²) in [4.78, 5) is 12.2. The van der Waals surface area contributed by atoms with Gasteiger partial charge in [0.25, 0.3) is 0 Å². The Morgan fingerprint density at radius 2 is 2.00 bits per heavy atom. The molecule has 0 saturated carbocycles. The van der Waals surface area contributed by atoms with Crippen LogP contribution in [0.3, 0.4) is 0 Å². The van der Waals surface area contributed by atoms with Crippen LogP contribution in [0.2, 0.25) is 0 Å². The highest BCUT2D eigenvalue weighted by Crippen LogP contribution is 2.30. The molecule has 0 saturated heterocycles. The SMILES string of the molecule is O=Cc1c[nH]cc1C(F)(F)F. The molecule has 1 aromatic heterocycles. The molecule has 0 radical (unpaired) electrons. The molecule has 0 unspecified atom stereocenters. The van der Waals surface area contributed by atoms with E-state index in [4.69, 9.17) is 0 Å². The summed E-state index contributed by atoms with van der Waals surface area (Å²) < 4.78 is 35.7. The second-order valence-corrected chi connectivity index (χ2v) is 1.94. The zero-order chi connectivity index (χ0) is 8.48. The number of carbonyl (C=O) groups excluding carboxylic acids is 1. The van der Waals surface area contributed by atoms with E-state index >= 15 is 0 Å². The van der Waals surface area contributed by atoms with E-state index in [2.05, 4.69) is 4.98 Å². The average molecular weight is 163 g/mol. The van der Waals surface area contributed by atoms with Crippen LogP contribution in [0, 0.1) is 0 Å². The average Bonchev–Trinajstić information content (AvgIpc) is 2.31. The molecule has 0 bridgehead atoms. The molecule has 2 nitrogen and oxygen atoms in total. The summed E-state index contributed by atoms with van der Waals surface area (Å²) in [5.41, 5.74) is -1.29. The molecule has 5 heteroatoms. The number of nitrogens with one attached hydrogen (secondary N) is 1. The first kappa shape index (κ1) is 7.84. The van der Waals surface area contributed by atoms with Crippen LogP contribution in [0.4, 0.5) is 13.2 Å². The molecule has 0 aromatic carbocycles. The zero-order valence-corrected chi connectivity index (χ0v) is 5.27. The van der Waals surface area contributed by atoms with Crippen molar-refractivity contribution in [3.8, 4) is 0 Å². The lowest BCUT2D eigenvalue weighted by molar-refractivity contribution is -0.137. The molecule has 0 amide bonds. The quantitative estimate of drug-likeness (QED) is 0.629. The van der Waals surface area contributed by atoms with Crippen molar-refractivity contribution in [1.82, 2.24) is 4.98 Å². The van der Waals surface area contributed by atoms with Gasteiger partial charge in [-0.25, -0.2) is 0 Å². The highest BCUT2D eigenvalue weighted by atomic mass is 19.4. The number of aromatic nitrogens is 1. The van der Waals surface area contributed by atoms with Crippen LogP contribution < -0.4 is 0 Å². The molecule has 0 fully saturated rings. The molecule has 0 atom stereocenters. The Hall–Kier alpha value is -1.26. The first-order valence-corrected chi connectivity index (χ1v) is 2.75. The summed E-state index contributed by atoms with van der Waals surface area (Å²) in [6.07, 6.45) is -2.52. The first-order valence-electron chi connectivity index (χ1n) is 2.75. The second-order valence-electron chi connectivity index (χ2n) is 1.94. The van der Waals surface area contributed by atoms with Crippen LogP contribution in [-0.4, -0.2) is 11.3 Å². The molecule has 1 N–H and O–H groups in total. The van der Waals surface area contributed by atoms with Gasteiger partial charge in [0.05, 0.1) is 5.56 Å². The number of aromatic amines is 1. The number of rotatable bonds is 1. The number of aldehydes is 1. The van der Waals surface area contributed by atoms with Crippen molar-refractivity contribution < 1.29 is 18.0 Å². The monoisotopic (exact) mass is 163 g/mol. The van der Waals surface area contributed by atoms with Crippen LogP contribution in [0.15, 0.2) is 12.4 Å². The number of alkyl halides is 3. The van der Waals surface area contributed by atoms with Crippen molar-refractivity contribution in [3.63, 3.8) is 0 Å². The maximum Gasteiger partial charge on any atom is 0.418 e. The fourth-order valence-electron chi connectivity index (χ4n) is 0.719. The fourth-order valence-corrected chi connectivity index (χ4v) is 0.719. The molecule has 0 aliphatic rings. The van der Waals surface area contributed by atoms with Crippen molar-refractivity contribution in [1.29, 1.82) is 0 Å². The molecule has 1 aromatic rings. The molecule has 60 valence electrons. The van der Waals surface area contributed by atoms with Gasteiger partial charge in [0, 0.05) is 18.0 Å². The van der Waals surface area contributed by atoms with E-state index in [1.54, 1.807) is 0 Å². The minimum Gasteiger partial charge on any atom is -0.366 e. The van der Waals surface area contributed by atoms with Crippen LogP contribution in [0.1, 0.15) is 15.9 Å². The Bertz CT molecular complexity index is 263. The van der Waals surface area contributed by atoms with Gasteiger partial charge in [0.1, 0.15) is 0 Å². The predicted octanol–water partition coefficient (Wildman–Crippen LogP) is 1.85. The first-order chi connectivity index (χ1) is 5.05. The van der Waals surface area contributed by atoms with Crippen molar-refractivity contribution >= 4 is 6.29 Å². The van der Waals surface area contributed by atoms with Crippen molar-refractivity contribution in [3.05, 3.63) is 23.5 Å². The van der Waals surface area contributed by atoms with E-state index in [0.717, 1.165) is 12.4 Å². The van der Waals surface area contributed by atoms with Gasteiger partial charge in [-0.1, -0.05) is 0 Å². The van der Waals surface area contributed by atoms with Crippen molar-refractivity contribution in [2.75, 3.05) is 0 Å². The van der Waals surface area contributed by atoms with Crippen LogP contribution in [-0.2, 0) is 6.18 Å². The van der Waals surface area contributed by atoms with E-state index in [9.17, 15) is 18.0 Å². The Kier molecular flexibility index (Phi) is 1.72. The molecule has 0 aliphatic heterocycles. The minimum absolute atomic E-state index is 0.166. The summed E-state index contributed by atoms with van der Waals surface area (Å²) in [6, 6.07) is 0. The van der Waals surface area contributed by atoms with Gasteiger partial charge in [-0.05, 0) is 0 Å². The molecule has 0 spiro atoms. The lowest BCUT2D eigenvalue weighted by Crippen LogP contribution is -2.05. The Labute approximate surface area is 60.0 Å². The number of H-pyrrole nitrogens is 1. The molecular formula is C6H4F3NO. The summed E-state index contributed by atoms with van der Waals surface area (Å²) in [5, 5.41) is 0. The number of carbonyl (C=O) groups is 1. The minimum atomic E-state index is -4.45. The highest BCUT2D eigenvalue weighted by molar-refractivity contribution is 5.77. The van der Waals surface area contributed by atoms with Crippen molar-refractivity contribution in [2.24, 2.45) is 0 Å². The normalized spacial score (nSPS) is 11.5. The predicted molar refractivity (Wildman–Crippen MR) is 31.2 cm³/mol. The van der Waals surface area contributed by atoms with Gasteiger partial charge in [0.2, 0.25) is 0 Å². The maximum atomic E-state index is 11.9. The Morgan fingerprint density at radius 1 is 1.36 bits per heavy atom. The fraction of sp³-hybridized carbons (Fsp3) is 0.167. The number of halogens is 3. The highest BCUT2D eigenvalue weighted by Gasteiger charge is 2.33. The van der Waals surface area contributed by atoms with Crippen LogP contribution in [0.5, 0.6) is 0 Å². The summed E-state index contributed by atoms with van der Waals surface area (Å²) in [7, 11) is 0. The topological polar surface area (TPSA) is 32.9 Å². The van der Waals surface area contributed by atoms with Crippen molar-refractivity contribution in [2.45, 2.75) is 6.18 Å². The van der Waals surface area contributed by atoms with Gasteiger partial charge in [-0.15, -0.1) is 0 Å². The van der Waals surface area contributed by atoms with Gasteiger partial charge in [0.15, 0.2) is 6.29 Å². The third-order valence-corrected chi connectivity index (χ3v) is 1.21. The summed E-state index contributed by atoms with van der Waals surface area (Å²) in [5.74, 6) is 0. The van der Waals surface area contributed by atoms with Gasteiger partial charge in [-0.2, -0.15) is 13.2 Å². The Morgan fingerprint density at radius 3 is 2.36 bits per heavy atom. The zero-order valence-electron chi connectivity index (χ0n) is 5.27. The number of hydrogen-bond acceptors (Lipinski definition) is 1. The van der Waals surface area contributed by atoms with Gasteiger partial charge in [-0.3, -0.25) is 4.79 Å². The van der Waals surface area contributed by atoms with E-state index < -0.39 is 11.7 Å². The van der Waals surface area contributed by atoms with Gasteiger partial charge >= 0.3 is 6.18 Å². The molecule has 1 rings (SSSR count). The smallest absolute Gasteiger partial charge is 0.366 e. The molecular weight excluding hydrogens is 159 g/mol. The van der Waals surface area contributed by atoms with E-state index in [-0.39, 0.29) is 11.8 Å². The lowest BCUT2D eigenvalue weighted by Gasteiger charge is -2.02. The summed E-state index contributed by atoms with van der Waals surface area (Å²) >= 11 is 0. The lowest BCUT2D eigenvalue weighted by atomic mass is 10.2. The van der Waals surface area contributed by atoms with Crippen LogP contribution in [0.25, 0.3) is 0 Å². The largest absolute Gasteiger partial charge is 0.418 e. The summed E-state index contributed by atoms with van der Waals surface area (Å²) in [6.45, 7) is 0. The standard InChI is InChI=1S/C6H4F3NO/c7-6(8,9)5-2-10-1-4(5)3-11/h1-3,10H. The third-order valence-electron chi connectivity index (χ3n) is 1.21. The van der Waals surface area contributed by atoms with Crippen LogP contribution >= 0.6 is 0 Å². The van der Waals surface area contributed by atoms with Gasteiger partial charge < -0.3 is 4.98 Å². The maximum absolute atomic E-state index is 11.9. The second kappa shape index (κ2) is 2.41. The number of hydrogen-bond donors (Lipinski definition) is 1. The third kappa shape index (κ3) is 1.42. The van der Waals surface area contributed by atoms with E-state index in [1.807, 2.05) is 0 Å². The van der Waals surface area contributed by atoms with E-state index in [0.29, 0.717) is 0 Å². The Balaban J connectivity index is 3.12. The molecule has 0 aliphatic carbocycles. The molecule has 11 heavy (non-hydrogen) atoms. The van der Waals surface area contributed by atoms with E-state index in [1.165, 1.54) is 0 Å². The molecule has 1 heterocycles.